The van der Waals surface area contributed by atoms with Crippen molar-refractivity contribution in [1.82, 2.24) is 10.2 Å². The number of amides is 2. The van der Waals surface area contributed by atoms with E-state index in [1.807, 2.05) is 0 Å². The average molecular weight is 219 g/mol. The molecular weight excluding hydrogens is 210 g/mol. The monoisotopic (exact) mass is 218 g/mol. The van der Waals surface area contributed by atoms with Gasteiger partial charge in [0, 0.05) is 14.1 Å². The van der Waals surface area contributed by atoms with Crippen LogP contribution in [0.1, 0.15) is 0 Å². The Hall–Kier alpha value is 0.140. The predicted octanol–water partition coefficient (Wildman–Crippen LogP) is 1.63. The molecule has 0 heterocycles. The van der Waals surface area contributed by atoms with Gasteiger partial charge in [0.05, 0.1) is 6.54 Å². The van der Waals surface area contributed by atoms with E-state index in [1.54, 1.807) is 7.05 Å². The lowest BCUT2D eigenvalue weighted by Gasteiger charge is -2.20. The van der Waals surface area contributed by atoms with Crippen molar-refractivity contribution in [3.8, 4) is 0 Å². The van der Waals surface area contributed by atoms with Gasteiger partial charge in [-0.2, -0.15) is 0 Å². The van der Waals surface area contributed by atoms with Gasteiger partial charge in [0.1, 0.15) is 0 Å². The molecule has 3 nitrogen and oxygen atoms in total. The standard InChI is InChI=1S/C5H9Cl3N2O/c1-9-4(11)10(2)3-5(6,7)8/h3H2,1-2H3,(H,9,11). The summed E-state index contributed by atoms with van der Waals surface area (Å²) in [5, 5.41) is 2.40. The molecule has 11 heavy (non-hydrogen) atoms. The largest absolute Gasteiger partial charge is 0.341 e. The third kappa shape index (κ3) is 5.41. The summed E-state index contributed by atoms with van der Waals surface area (Å²) in [6.07, 6.45) is 0. The van der Waals surface area contributed by atoms with Crippen molar-refractivity contribution in [3.05, 3.63) is 0 Å². The number of rotatable bonds is 1. The third-order valence-electron chi connectivity index (χ3n) is 0.977. The van der Waals surface area contributed by atoms with Crippen molar-refractivity contribution in [3.63, 3.8) is 0 Å². The fourth-order valence-corrected chi connectivity index (χ4v) is 1.07. The highest BCUT2D eigenvalue weighted by Gasteiger charge is 2.23. The van der Waals surface area contributed by atoms with E-state index in [2.05, 4.69) is 5.32 Å². The van der Waals surface area contributed by atoms with Crippen LogP contribution >= 0.6 is 34.8 Å². The zero-order valence-corrected chi connectivity index (χ0v) is 8.46. The maximum atomic E-state index is 10.8. The van der Waals surface area contributed by atoms with Crippen LogP contribution in [0.15, 0.2) is 0 Å². The van der Waals surface area contributed by atoms with E-state index >= 15 is 0 Å². The number of alkyl halides is 3. The number of nitrogens with zero attached hydrogens (tertiary/aromatic N) is 1. The number of carbonyl (C=O) groups is 1. The zero-order chi connectivity index (χ0) is 9.07. The highest BCUT2D eigenvalue weighted by molar-refractivity contribution is 6.67. The number of nitrogens with one attached hydrogen (secondary N) is 1. The Labute approximate surface area is 80.6 Å². The molecule has 0 aliphatic carbocycles. The van der Waals surface area contributed by atoms with Gasteiger partial charge in [-0.05, 0) is 0 Å². The number of halogens is 3. The Morgan fingerprint density at radius 3 is 2.27 bits per heavy atom. The summed E-state index contributed by atoms with van der Waals surface area (Å²) in [5.74, 6) is 0. The molecule has 0 aliphatic rings. The van der Waals surface area contributed by atoms with Gasteiger partial charge in [-0.3, -0.25) is 0 Å². The van der Waals surface area contributed by atoms with Gasteiger partial charge in [0.25, 0.3) is 0 Å². The molecule has 0 unspecified atom stereocenters. The summed E-state index contributed by atoms with van der Waals surface area (Å²) in [6.45, 7) is 0.0668. The first-order chi connectivity index (χ1) is 4.87. The van der Waals surface area contributed by atoms with Gasteiger partial charge in [-0.25, -0.2) is 4.79 Å². The second kappa shape index (κ2) is 4.24. The minimum absolute atomic E-state index is 0.0668. The minimum atomic E-state index is -1.42. The zero-order valence-electron chi connectivity index (χ0n) is 6.20. The van der Waals surface area contributed by atoms with Gasteiger partial charge in [-0.15, -0.1) is 0 Å². The Balaban J connectivity index is 3.87. The van der Waals surface area contributed by atoms with Crippen molar-refractivity contribution < 1.29 is 4.79 Å². The van der Waals surface area contributed by atoms with Crippen molar-refractivity contribution in [1.29, 1.82) is 0 Å². The molecule has 0 spiro atoms. The van der Waals surface area contributed by atoms with Crippen LogP contribution in [0.4, 0.5) is 4.79 Å². The van der Waals surface area contributed by atoms with Crippen LogP contribution in [0.2, 0.25) is 0 Å². The fraction of sp³-hybridized carbons (Fsp3) is 0.800. The van der Waals surface area contributed by atoms with E-state index in [-0.39, 0.29) is 12.6 Å². The number of hydrogen-bond acceptors (Lipinski definition) is 1. The molecule has 2 amide bonds. The second-order valence-corrected chi connectivity index (χ2v) is 4.54. The molecule has 0 atom stereocenters. The summed E-state index contributed by atoms with van der Waals surface area (Å²) in [4.78, 5) is 12.1. The van der Waals surface area contributed by atoms with Crippen LogP contribution in [-0.4, -0.2) is 35.4 Å². The van der Waals surface area contributed by atoms with Crippen molar-refractivity contribution >= 4 is 40.8 Å². The predicted molar refractivity (Wildman–Crippen MR) is 47.4 cm³/mol. The third-order valence-corrected chi connectivity index (χ3v) is 1.34. The smallest absolute Gasteiger partial charge is 0.317 e. The maximum absolute atomic E-state index is 10.8. The van der Waals surface area contributed by atoms with Crippen molar-refractivity contribution in [2.45, 2.75) is 3.79 Å². The molecule has 0 bridgehead atoms. The molecular formula is C5H9Cl3N2O. The highest BCUT2D eigenvalue weighted by Crippen LogP contribution is 2.26. The lowest BCUT2D eigenvalue weighted by molar-refractivity contribution is 0.212. The molecule has 0 aromatic rings. The van der Waals surface area contributed by atoms with Crippen LogP contribution in [0.5, 0.6) is 0 Å². The Morgan fingerprint density at radius 1 is 1.55 bits per heavy atom. The van der Waals surface area contributed by atoms with Crippen molar-refractivity contribution in [2.75, 3.05) is 20.6 Å². The first-order valence-electron chi connectivity index (χ1n) is 2.86. The number of hydrogen-bond donors (Lipinski definition) is 1. The van der Waals surface area contributed by atoms with Gasteiger partial charge >= 0.3 is 6.03 Å². The molecule has 0 aromatic carbocycles. The van der Waals surface area contributed by atoms with Gasteiger partial charge in [-0.1, -0.05) is 34.8 Å². The molecule has 0 fully saturated rings. The molecule has 6 heteroatoms. The molecule has 0 aromatic heterocycles. The minimum Gasteiger partial charge on any atom is -0.341 e. The first-order valence-corrected chi connectivity index (χ1v) is 4.00. The van der Waals surface area contributed by atoms with E-state index in [9.17, 15) is 4.79 Å². The van der Waals surface area contributed by atoms with E-state index in [0.29, 0.717) is 0 Å². The quantitative estimate of drug-likeness (QED) is 0.668. The Morgan fingerprint density at radius 2 is 2.00 bits per heavy atom. The molecule has 0 rings (SSSR count). The van der Waals surface area contributed by atoms with Crippen LogP contribution < -0.4 is 5.32 Å². The second-order valence-electron chi connectivity index (χ2n) is 2.03. The Kier molecular flexibility index (Phi) is 4.29. The molecule has 0 saturated heterocycles. The van der Waals surface area contributed by atoms with Crippen molar-refractivity contribution in [2.24, 2.45) is 0 Å². The topological polar surface area (TPSA) is 32.3 Å². The van der Waals surface area contributed by atoms with Crippen LogP contribution in [0.25, 0.3) is 0 Å². The lowest BCUT2D eigenvalue weighted by Crippen LogP contribution is -2.39. The first kappa shape index (κ1) is 11.1. The molecule has 0 aliphatic heterocycles. The van der Waals surface area contributed by atoms with E-state index < -0.39 is 3.79 Å². The van der Waals surface area contributed by atoms with Gasteiger partial charge < -0.3 is 10.2 Å². The van der Waals surface area contributed by atoms with Crippen LogP contribution in [0, 0.1) is 0 Å². The molecule has 0 radical (unpaired) electrons. The van der Waals surface area contributed by atoms with Gasteiger partial charge in [0.15, 0.2) is 0 Å². The average Bonchev–Trinajstić information content (AvgIpc) is 1.82. The number of carbonyl (C=O) groups excluding carboxylic acids is 1. The van der Waals surface area contributed by atoms with E-state index in [4.69, 9.17) is 34.8 Å². The maximum Gasteiger partial charge on any atom is 0.317 e. The highest BCUT2D eigenvalue weighted by atomic mass is 35.6. The summed E-state index contributed by atoms with van der Waals surface area (Å²) in [6, 6.07) is -0.281. The summed E-state index contributed by atoms with van der Waals surface area (Å²) in [5.41, 5.74) is 0. The van der Waals surface area contributed by atoms with E-state index in [0.717, 1.165) is 0 Å². The fourth-order valence-electron chi connectivity index (χ4n) is 0.532. The molecule has 66 valence electrons. The summed E-state index contributed by atoms with van der Waals surface area (Å²) in [7, 11) is 3.05. The van der Waals surface area contributed by atoms with Gasteiger partial charge in [0.2, 0.25) is 3.79 Å². The number of urea groups is 1. The summed E-state index contributed by atoms with van der Waals surface area (Å²) < 4.78 is -1.42. The normalized spacial score (nSPS) is 11.0. The molecule has 0 saturated carbocycles. The molecule has 1 N–H and O–H groups in total. The lowest BCUT2D eigenvalue weighted by atomic mass is 10.6. The van der Waals surface area contributed by atoms with Crippen LogP contribution in [-0.2, 0) is 0 Å². The Bertz CT molecular complexity index is 145. The SMILES string of the molecule is CNC(=O)N(C)CC(Cl)(Cl)Cl. The van der Waals surface area contributed by atoms with E-state index in [1.165, 1.54) is 11.9 Å². The summed E-state index contributed by atoms with van der Waals surface area (Å²) >= 11 is 16.3. The van der Waals surface area contributed by atoms with Crippen LogP contribution in [0.3, 0.4) is 0 Å².